The van der Waals surface area contributed by atoms with E-state index in [-0.39, 0.29) is 36.1 Å². The summed E-state index contributed by atoms with van der Waals surface area (Å²) in [5.41, 5.74) is 0.0764. The van der Waals surface area contributed by atoms with Crippen LogP contribution in [-0.4, -0.2) is 40.3 Å². The van der Waals surface area contributed by atoms with Gasteiger partial charge in [0.25, 0.3) is 5.69 Å². The first-order valence-electron chi connectivity index (χ1n) is 6.85. The first-order chi connectivity index (χ1) is 9.96. The van der Waals surface area contributed by atoms with Gasteiger partial charge in [-0.25, -0.2) is 4.79 Å². The van der Waals surface area contributed by atoms with Crippen molar-refractivity contribution in [1.29, 1.82) is 0 Å². The number of anilines is 1. The number of nitro groups is 1. The van der Waals surface area contributed by atoms with Gasteiger partial charge < -0.3 is 15.1 Å². The number of carboxylic acid groups (broad SMARTS) is 1. The van der Waals surface area contributed by atoms with Crippen LogP contribution in [0.4, 0.5) is 11.4 Å². The molecule has 0 heterocycles. The van der Waals surface area contributed by atoms with Crippen LogP contribution in [0.15, 0.2) is 18.2 Å². The number of hydrogen-bond acceptors (Lipinski definition) is 5. The molecule has 0 bridgehead atoms. The summed E-state index contributed by atoms with van der Waals surface area (Å²) in [4.78, 5) is 23.4. The Morgan fingerprint density at radius 2 is 2.00 bits per heavy atom. The summed E-state index contributed by atoms with van der Waals surface area (Å²) in [5.74, 6) is -1.14. The number of nitro benzene ring substituents is 1. The van der Waals surface area contributed by atoms with Crippen LogP contribution in [0.2, 0.25) is 0 Å². The highest BCUT2D eigenvalue weighted by molar-refractivity contribution is 5.90. The summed E-state index contributed by atoms with van der Waals surface area (Å²) in [5, 5.41) is 29.5. The number of rotatable bonds is 8. The lowest BCUT2D eigenvalue weighted by atomic mass is 10.1. The molecule has 0 radical (unpaired) electrons. The fourth-order valence-corrected chi connectivity index (χ4v) is 2.38. The highest BCUT2D eigenvalue weighted by Crippen LogP contribution is 2.32. The minimum atomic E-state index is -1.14. The van der Waals surface area contributed by atoms with Crippen LogP contribution < -0.4 is 4.90 Å². The first kappa shape index (κ1) is 16.9. The van der Waals surface area contributed by atoms with Crippen LogP contribution in [-0.2, 0) is 0 Å². The Labute approximate surface area is 123 Å². The molecule has 0 aromatic heterocycles. The molecule has 1 aromatic rings. The van der Waals surface area contributed by atoms with E-state index in [4.69, 9.17) is 5.11 Å². The van der Waals surface area contributed by atoms with Crippen LogP contribution in [0.25, 0.3) is 0 Å². The number of carboxylic acids is 1. The first-order valence-corrected chi connectivity index (χ1v) is 6.85. The molecule has 2 N–H and O–H groups in total. The number of hydrogen-bond donors (Lipinski definition) is 2. The number of benzene rings is 1. The highest BCUT2D eigenvalue weighted by atomic mass is 16.6. The molecule has 7 heteroatoms. The Bertz CT molecular complexity index is 514. The molecule has 1 aromatic carbocycles. The van der Waals surface area contributed by atoms with Gasteiger partial charge in [-0.2, -0.15) is 0 Å². The van der Waals surface area contributed by atoms with Crippen molar-refractivity contribution >= 4 is 17.3 Å². The molecule has 21 heavy (non-hydrogen) atoms. The second-order valence-corrected chi connectivity index (χ2v) is 4.65. The van der Waals surface area contributed by atoms with E-state index in [1.54, 1.807) is 4.90 Å². The Kier molecular flexibility index (Phi) is 6.10. The largest absolute Gasteiger partial charge is 0.478 e. The molecular formula is C14H20N2O5. The van der Waals surface area contributed by atoms with E-state index < -0.39 is 10.9 Å². The highest BCUT2D eigenvalue weighted by Gasteiger charge is 2.25. The van der Waals surface area contributed by atoms with E-state index in [0.717, 1.165) is 12.8 Å². The zero-order chi connectivity index (χ0) is 16.0. The van der Waals surface area contributed by atoms with Crippen molar-refractivity contribution in [2.45, 2.75) is 32.7 Å². The minimum absolute atomic E-state index is 0.0000973. The molecule has 0 unspecified atom stereocenters. The summed E-state index contributed by atoms with van der Waals surface area (Å²) in [6.45, 7) is 3.96. The van der Waals surface area contributed by atoms with Crippen LogP contribution in [0.3, 0.4) is 0 Å². The van der Waals surface area contributed by atoms with Crippen molar-refractivity contribution in [1.82, 2.24) is 0 Å². The number of aromatic carboxylic acids is 1. The van der Waals surface area contributed by atoms with Gasteiger partial charge in [-0.15, -0.1) is 0 Å². The maximum absolute atomic E-state index is 11.2. The van der Waals surface area contributed by atoms with E-state index >= 15 is 0 Å². The minimum Gasteiger partial charge on any atom is -0.478 e. The zero-order valence-corrected chi connectivity index (χ0v) is 12.2. The second kappa shape index (κ2) is 7.58. The third-order valence-electron chi connectivity index (χ3n) is 3.45. The van der Waals surface area contributed by atoms with Crippen molar-refractivity contribution in [3.05, 3.63) is 33.9 Å². The number of aliphatic hydroxyl groups is 1. The van der Waals surface area contributed by atoms with Gasteiger partial charge in [-0.1, -0.05) is 13.8 Å². The molecule has 0 amide bonds. The monoisotopic (exact) mass is 296 g/mol. The average molecular weight is 296 g/mol. The summed E-state index contributed by atoms with van der Waals surface area (Å²) in [6.07, 6.45) is 1.48. The molecule has 0 fully saturated rings. The fourth-order valence-electron chi connectivity index (χ4n) is 2.38. The van der Waals surface area contributed by atoms with Gasteiger partial charge in [-0.05, 0) is 25.0 Å². The smallest absolute Gasteiger partial charge is 0.335 e. The summed E-state index contributed by atoms with van der Waals surface area (Å²) in [6, 6.07) is 3.72. The second-order valence-electron chi connectivity index (χ2n) is 4.65. The van der Waals surface area contributed by atoms with Crippen molar-refractivity contribution in [3.63, 3.8) is 0 Å². The molecule has 0 saturated heterocycles. The Morgan fingerprint density at radius 3 is 2.43 bits per heavy atom. The Morgan fingerprint density at radius 1 is 1.38 bits per heavy atom. The zero-order valence-electron chi connectivity index (χ0n) is 12.2. The molecule has 116 valence electrons. The van der Waals surface area contributed by atoms with E-state index in [1.165, 1.54) is 18.2 Å². The lowest BCUT2D eigenvalue weighted by Gasteiger charge is -2.31. The standard InChI is InChI=1S/C14H20N2O5/c1-3-11(4-2)15(7-8-17)13-9-10(14(18)19)5-6-12(13)16(20)21/h5-6,9,11,17H,3-4,7-8H2,1-2H3,(H,18,19). The van der Waals surface area contributed by atoms with Gasteiger partial charge in [0.05, 0.1) is 17.1 Å². The third kappa shape index (κ3) is 3.91. The van der Waals surface area contributed by atoms with Crippen molar-refractivity contribution in [2.24, 2.45) is 0 Å². The lowest BCUT2D eigenvalue weighted by Crippen LogP contribution is -2.37. The number of nitrogens with zero attached hydrogens (tertiary/aromatic N) is 2. The normalized spacial score (nSPS) is 10.7. The molecule has 0 atom stereocenters. The van der Waals surface area contributed by atoms with E-state index in [2.05, 4.69) is 0 Å². The van der Waals surface area contributed by atoms with E-state index in [9.17, 15) is 20.0 Å². The van der Waals surface area contributed by atoms with Crippen LogP contribution in [0.1, 0.15) is 37.0 Å². The Hall–Kier alpha value is -2.15. The number of aliphatic hydroxyl groups excluding tert-OH is 1. The van der Waals surface area contributed by atoms with Crippen LogP contribution in [0.5, 0.6) is 0 Å². The van der Waals surface area contributed by atoms with Gasteiger partial charge in [0.1, 0.15) is 5.69 Å². The summed E-state index contributed by atoms with van der Waals surface area (Å²) >= 11 is 0. The quantitative estimate of drug-likeness (QED) is 0.563. The van der Waals surface area contributed by atoms with Crippen LogP contribution >= 0.6 is 0 Å². The van der Waals surface area contributed by atoms with Crippen LogP contribution in [0, 0.1) is 10.1 Å². The molecular weight excluding hydrogens is 276 g/mol. The summed E-state index contributed by atoms with van der Waals surface area (Å²) in [7, 11) is 0. The maximum Gasteiger partial charge on any atom is 0.335 e. The molecule has 0 aliphatic carbocycles. The molecule has 0 spiro atoms. The molecule has 0 aliphatic rings. The number of carbonyl (C=O) groups is 1. The summed E-state index contributed by atoms with van der Waals surface area (Å²) < 4.78 is 0. The molecule has 7 nitrogen and oxygen atoms in total. The average Bonchev–Trinajstić information content (AvgIpc) is 2.46. The van der Waals surface area contributed by atoms with Gasteiger partial charge >= 0.3 is 5.97 Å². The molecule has 0 saturated carbocycles. The molecule has 1 rings (SSSR count). The maximum atomic E-state index is 11.2. The van der Waals surface area contributed by atoms with E-state index in [1.807, 2.05) is 13.8 Å². The van der Waals surface area contributed by atoms with Crippen molar-refractivity contribution in [2.75, 3.05) is 18.1 Å². The SMILES string of the molecule is CCC(CC)N(CCO)c1cc(C(=O)O)ccc1[N+](=O)[O-]. The molecule has 0 aliphatic heterocycles. The van der Waals surface area contributed by atoms with Gasteiger partial charge in [0, 0.05) is 18.7 Å². The van der Waals surface area contributed by atoms with Crippen molar-refractivity contribution < 1.29 is 19.9 Å². The van der Waals surface area contributed by atoms with E-state index in [0.29, 0.717) is 0 Å². The fraction of sp³-hybridized carbons (Fsp3) is 0.500. The van der Waals surface area contributed by atoms with Gasteiger partial charge in [0.15, 0.2) is 0 Å². The lowest BCUT2D eigenvalue weighted by molar-refractivity contribution is -0.384. The predicted molar refractivity (Wildman–Crippen MR) is 78.9 cm³/mol. The Balaban J connectivity index is 3.41. The van der Waals surface area contributed by atoms with Gasteiger partial charge in [-0.3, -0.25) is 10.1 Å². The van der Waals surface area contributed by atoms with Gasteiger partial charge in [0.2, 0.25) is 0 Å². The predicted octanol–water partition coefficient (Wildman–Crippen LogP) is 2.28. The van der Waals surface area contributed by atoms with Crippen molar-refractivity contribution in [3.8, 4) is 0 Å². The topological polar surface area (TPSA) is 104 Å². The third-order valence-corrected chi connectivity index (χ3v) is 3.45.